The predicted molar refractivity (Wildman–Crippen MR) is 67.5 cm³/mol. The van der Waals surface area contributed by atoms with Gasteiger partial charge in [-0.25, -0.2) is 0 Å². The van der Waals surface area contributed by atoms with Gasteiger partial charge in [-0.15, -0.1) is 0 Å². The topological polar surface area (TPSA) is 12.9 Å². The van der Waals surface area contributed by atoms with Crippen molar-refractivity contribution in [3.8, 4) is 0 Å². The second-order valence-electron chi connectivity index (χ2n) is 4.55. The van der Waals surface area contributed by atoms with Crippen LogP contribution in [0.2, 0.25) is 0 Å². The molecule has 0 bridgehead atoms. The summed E-state index contributed by atoms with van der Waals surface area (Å²) in [7, 11) is 0. The highest BCUT2D eigenvalue weighted by Gasteiger charge is 2.20. The van der Waals surface area contributed by atoms with Crippen molar-refractivity contribution in [1.82, 2.24) is 4.98 Å². The van der Waals surface area contributed by atoms with Crippen LogP contribution >= 0.6 is 15.9 Å². The Morgan fingerprint density at radius 1 is 1.33 bits per heavy atom. The van der Waals surface area contributed by atoms with Crippen molar-refractivity contribution in [1.29, 1.82) is 0 Å². The van der Waals surface area contributed by atoms with Gasteiger partial charge in [0, 0.05) is 17.2 Å². The van der Waals surface area contributed by atoms with Crippen molar-refractivity contribution in [2.75, 3.05) is 0 Å². The summed E-state index contributed by atoms with van der Waals surface area (Å²) in [6, 6.07) is 2.13. The summed E-state index contributed by atoms with van der Waals surface area (Å²) >= 11 is 3.78. The zero-order valence-corrected chi connectivity index (χ0v) is 10.8. The molecule has 2 heteroatoms. The minimum absolute atomic E-state index is 0.699. The molecule has 1 heterocycles. The van der Waals surface area contributed by atoms with Gasteiger partial charge in [0.15, 0.2) is 0 Å². The molecule has 1 fully saturated rings. The second-order valence-corrected chi connectivity index (χ2v) is 5.84. The lowest BCUT2D eigenvalue weighted by Crippen LogP contribution is -2.05. The Morgan fingerprint density at radius 2 is 2.13 bits per heavy atom. The van der Waals surface area contributed by atoms with Crippen LogP contribution in [0.25, 0.3) is 0 Å². The van der Waals surface area contributed by atoms with E-state index in [1.165, 1.54) is 43.2 Å². The highest BCUT2D eigenvalue weighted by Crippen LogP contribution is 2.35. The molecule has 1 aromatic heterocycles. The predicted octanol–water partition coefficient (Wildman–Crippen LogP) is 4.20. The molecule has 0 aromatic carbocycles. The molecule has 0 amide bonds. The van der Waals surface area contributed by atoms with Crippen LogP contribution in [0.15, 0.2) is 18.5 Å². The molecule has 1 aliphatic carbocycles. The van der Waals surface area contributed by atoms with Crippen LogP contribution in [-0.4, -0.2) is 9.81 Å². The number of rotatable bonds is 1. The van der Waals surface area contributed by atoms with Crippen molar-refractivity contribution in [2.45, 2.75) is 49.8 Å². The standard InChI is InChI=1S/C13H18BrN/c1-10-6-7-15-9-13(10)11-4-2-3-5-12(14)8-11/h6-7,9,11-12H,2-5,8H2,1H3. The molecule has 0 spiro atoms. The number of aromatic nitrogens is 1. The molecule has 0 aliphatic heterocycles. The molecule has 0 saturated heterocycles. The molecule has 0 radical (unpaired) electrons. The third-order valence-corrected chi connectivity index (χ3v) is 4.21. The Balaban J connectivity index is 2.18. The van der Waals surface area contributed by atoms with Crippen LogP contribution in [0.5, 0.6) is 0 Å². The Morgan fingerprint density at radius 3 is 2.93 bits per heavy atom. The first-order valence-electron chi connectivity index (χ1n) is 5.82. The number of hydrogen-bond donors (Lipinski definition) is 0. The molecular weight excluding hydrogens is 250 g/mol. The maximum Gasteiger partial charge on any atom is 0.0305 e. The Hall–Kier alpha value is -0.370. The lowest BCUT2D eigenvalue weighted by atomic mass is 9.90. The first-order chi connectivity index (χ1) is 7.27. The summed E-state index contributed by atoms with van der Waals surface area (Å²) in [5.74, 6) is 0.713. The van der Waals surface area contributed by atoms with Gasteiger partial charge in [0.05, 0.1) is 0 Å². The number of hydrogen-bond acceptors (Lipinski definition) is 1. The summed E-state index contributed by atoms with van der Waals surface area (Å²) < 4.78 is 0. The molecule has 2 atom stereocenters. The van der Waals surface area contributed by atoms with Gasteiger partial charge in [0.1, 0.15) is 0 Å². The van der Waals surface area contributed by atoms with E-state index in [4.69, 9.17) is 0 Å². The Labute approximate surface area is 100 Å². The van der Waals surface area contributed by atoms with Crippen molar-refractivity contribution in [3.05, 3.63) is 29.6 Å². The Bertz CT molecular complexity index is 324. The van der Waals surface area contributed by atoms with E-state index >= 15 is 0 Å². The second kappa shape index (κ2) is 5.11. The van der Waals surface area contributed by atoms with E-state index in [1.54, 1.807) is 0 Å². The fourth-order valence-electron chi connectivity index (χ4n) is 2.49. The van der Waals surface area contributed by atoms with Crippen LogP contribution in [0.4, 0.5) is 0 Å². The van der Waals surface area contributed by atoms with Crippen molar-refractivity contribution >= 4 is 15.9 Å². The van der Waals surface area contributed by atoms with Crippen LogP contribution in [-0.2, 0) is 0 Å². The summed E-state index contributed by atoms with van der Waals surface area (Å²) in [6.07, 6.45) is 10.6. The minimum Gasteiger partial charge on any atom is -0.264 e. The zero-order chi connectivity index (χ0) is 10.7. The highest BCUT2D eigenvalue weighted by atomic mass is 79.9. The van der Waals surface area contributed by atoms with Crippen LogP contribution in [0, 0.1) is 6.92 Å². The molecule has 82 valence electrons. The van der Waals surface area contributed by atoms with Gasteiger partial charge in [-0.1, -0.05) is 28.8 Å². The summed E-state index contributed by atoms with van der Waals surface area (Å²) in [4.78, 5) is 4.96. The number of alkyl halides is 1. The molecule has 1 nitrogen and oxygen atoms in total. The number of aryl methyl sites for hydroxylation is 1. The number of halogens is 1. The average Bonchev–Trinajstić information content (AvgIpc) is 2.43. The Kier molecular flexibility index (Phi) is 3.79. The van der Waals surface area contributed by atoms with Crippen LogP contribution < -0.4 is 0 Å². The van der Waals surface area contributed by atoms with Gasteiger partial charge in [-0.05, 0) is 49.3 Å². The van der Waals surface area contributed by atoms with E-state index in [0.717, 1.165) is 0 Å². The fraction of sp³-hybridized carbons (Fsp3) is 0.615. The summed E-state index contributed by atoms with van der Waals surface area (Å²) in [6.45, 7) is 2.20. The van der Waals surface area contributed by atoms with E-state index in [0.29, 0.717) is 10.7 Å². The van der Waals surface area contributed by atoms with Gasteiger partial charge < -0.3 is 0 Å². The molecule has 1 aliphatic rings. The average molecular weight is 268 g/mol. The van der Waals surface area contributed by atoms with Crippen molar-refractivity contribution < 1.29 is 0 Å². The van der Waals surface area contributed by atoms with Gasteiger partial charge in [-0.2, -0.15) is 0 Å². The molecule has 0 N–H and O–H groups in total. The van der Waals surface area contributed by atoms with Crippen molar-refractivity contribution in [3.63, 3.8) is 0 Å². The third-order valence-electron chi connectivity index (χ3n) is 3.38. The van der Waals surface area contributed by atoms with E-state index < -0.39 is 0 Å². The van der Waals surface area contributed by atoms with Gasteiger partial charge in [0.25, 0.3) is 0 Å². The quantitative estimate of drug-likeness (QED) is 0.549. The molecule has 15 heavy (non-hydrogen) atoms. The highest BCUT2D eigenvalue weighted by molar-refractivity contribution is 9.09. The number of pyridine rings is 1. The van der Waals surface area contributed by atoms with E-state index in [2.05, 4.69) is 40.1 Å². The largest absolute Gasteiger partial charge is 0.264 e. The summed E-state index contributed by atoms with van der Waals surface area (Å²) in [5, 5.41) is 0. The van der Waals surface area contributed by atoms with Gasteiger partial charge in [0.2, 0.25) is 0 Å². The molecular formula is C13H18BrN. The fourth-order valence-corrected chi connectivity index (χ4v) is 3.26. The van der Waals surface area contributed by atoms with Gasteiger partial charge >= 0.3 is 0 Å². The van der Waals surface area contributed by atoms with E-state index in [9.17, 15) is 0 Å². The van der Waals surface area contributed by atoms with Crippen LogP contribution in [0.3, 0.4) is 0 Å². The van der Waals surface area contributed by atoms with Gasteiger partial charge in [-0.3, -0.25) is 4.98 Å². The van der Waals surface area contributed by atoms with E-state index in [1.807, 2.05) is 6.20 Å². The zero-order valence-electron chi connectivity index (χ0n) is 9.25. The molecule has 1 saturated carbocycles. The van der Waals surface area contributed by atoms with E-state index in [-0.39, 0.29) is 0 Å². The SMILES string of the molecule is Cc1ccncc1C1CCCCC(Br)C1. The molecule has 1 aromatic rings. The first-order valence-corrected chi connectivity index (χ1v) is 6.73. The third kappa shape index (κ3) is 2.81. The summed E-state index contributed by atoms with van der Waals surface area (Å²) in [5.41, 5.74) is 2.86. The van der Waals surface area contributed by atoms with Crippen LogP contribution in [0.1, 0.15) is 49.1 Å². The van der Waals surface area contributed by atoms with Crippen molar-refractivity contribution in [2.24, 2.45) is 0 Å². The minimum atomic E-state index is 0.699. The monoisotopic (exact) mass is 267 g/mol. The normalized spacial score (nSPS) is 27.3. The first kappa shape index (κ1) is 11.1. The lowest BCUT2D eigenvalue weighted by molar-refractivity contribution is 0.595. The maximum atomic E-state index is 4.26. The molecule has 2 rings (SSSR count). The maximum absolute atomic E-state index is 4.26. The number of nitrogens with zero attached hydrogens (tertiary/aromatic N) is 1. The smallest absolute Gasteiger partial charge is 0.0305 e. The lowest BCUT2D eigenvalue weighted by Gasteiger charge is -2.18. The molecule has 2 unspecified atom stereocenters.